The predicted molar refractivity (Wildman–Crippen MR) is 70.4 cm³/mol. The lowest BCUT2D eigenvalue weighted by Gasteiger charge is -2.18. The second-order valence-corrected chi connectivity index (χ2v) is 5.68. The lowest BCUT2D eigenvalue weighted by molar-refractivity contribution is 0.0636. The van der Waals surface area contributed by atoms with Gasteiger partial charge in [0.05, 0.1) is 4.88 Å². The maximum Gasteiger partial charge on any atom is 0.413 e. The van der Waals surface area contributed by atoms with Crippen LogP contribution < -0.4 is 5.32 Å². The van der Waals surface area contributed by atoms with Crippen LogP contribution in [0.3, 0.4) is 0 Å². The smallest absolute Gasteiger partial charge is 0.413 e. The largest absolute Gasteiger partial charge is 0.444 e. The summed E-state index contributed by atoms with van der Waals surface area (Å²) in [7, 11) is 0. The van der Waals surface area contributed by atoms with Crippen LogP contribution in [0.2, 0.25) is 0 Å². The average molecular weight is 268 g/mol. The van der Waals surface area contributed by atoms with Gasteiger partial charge in [0.25, 0.3) is 0 Å². The number of ether oxygens (including phenoxy) is 1. The number of aromatic nitrogens is 1. The van der Waals surface area contributed by atoms with Crippen molar-refractivity contribution in [3.63, 3.8) is 0 Å². The van der Waals surface area contributed by atoms with Gasteiger partial charge >= 0.3 is 6.09 Å². The number of thiazole rings is 1. The average Bonchev–Trinajstić information content (AvgIpc) is 2.63. The van der Waals surface area contributed by atoms with Crippen LogP contribution >= 0.6 is 11.3 Å². The summed E-state index contributed by atoms with van der Waals surface area (Å²) in [5.41, 5.74) is -0.562. The van der Waals surface area contributed by atoms with Crippen molar-refractivity contribution in [1.29, 1.82) is 0 Å². The zero-order valence-corrected chi connectivity index (χ0v) is 11.4. The van der Waals surface area contributed by atoms with Crippen LogP contribution in [0.5, 0.6) is 0 Å². The van der Waals surface area contributed by atoms with Crippen molar-refractivity contribution in [1.82, 2.24) is 4.98 Å². The van der Waals surface area contributed by atoms with Crippen LogP contribution in [0, 0.1) is 12.3 Å². The van der Waals surface area contributed by atoms with Crippen LogP contribution in [0.15, 0.2) is 6.20 Å². The molecule has 0 aliphatic carbocycles. The van der Waals surface area contributed by atoms with Gasteiger partial charge in [-0.25, -0.2) is 9.78 Å². The SMILES string of the molecule is C#CCC(O)c1cnc(NC(=O)OC(C)(C)C)s1. The second-order valence-electron chi connectivity index (χ2n) is 4.62. The summed E-state index contributed by atoms with van der Waals surface area (Å²) in [4.78, 5) is 16.0. The molecule has 0 saturated carbocycles. The Hall–Kier alpha value is -1.58. The lowest BCUT2D eigenvalue weighted by atomic mass is 10.2. The molecule has 0 aromatic carbocycles. The van der Waals surface area contributed by atoms with E-state index >= 15 is 0 Å². The molecule has 0 aliphatic heterocycles. The maximum absolute atomic E-state index is 11.5. The lowest BCUT2D eigenvalue weighted by Crippen LogP contribution is -2.27. The molecule has 6 heteroatoms. The molecule has 1 heterocycles. The summed E-state index contributed by atoms with van der Waals surface area (Å²) in [6.07, 6.45) is 5.49. The van der Waals surface area contributed by atoms with E-state index in [1.807, 2.05) is 0 Å². The fraction of sp³-hybridized carbons (Fsp3) is 0.500. The summed E-state index contributed by atoms with van der Waals surface area (Å²) in [6.45, 7) is 5.32. The predicted octanol–water partition coefficient (Wildman–Crippen LogP) is 2.55. The first-order chi connectivity index (χ1) is 8.31. The van der Waals surface area contributed by atoms with E-state index in [2.05, 4.69) is 16.2 Å². The fourth-order valence-electron chi connectivity index (χ4n) is 1.10. The topological polar surface area (TPSA) is 71.5 Å². The van der Waals surface area contributed by atoms with Gasteiger partial charge in [0.2, 0.25) is 0 Å². The number of nitrogens with one attached hydrogen (secondary N) is 1. The van der Waals surface area contributed by atoms with Crippen LogP contribution in [-0.2, 0) is 4.74 Å². The standard InChI is InChI=1S/C12H16N2O3S/c1-5-6-8(15)9-7-13-10(18-9)14-11(16)17-12(2,3)4/h1,7-8,15H,6H2,2-4H3,(H,13,14,16). The highest BCUT2D eigenvalue weighted by atomic mass is 32.1. The number of rotatable bonds is 3. The van der Waals surface area contributed by atoms with Crippen molar-refractivity contribution in [2.45, 2.75) is 38.9 Å². The molecule has 0 saturated heterocycles. The molecule has 0 fully saturated rings. The molecule has 18 heavy (non-hydrogen) atoms. The third kappa shape index (κ3) is 4.73. The third-order valence-electron chi connectivity index (χ3n) is 1.77. The molecular weight excluding hydrogens is 252 g/mol. The highest BCUT2D eigenvalue weighted by Gasteiger charge is 2.18. The third-order valence-corrected chi connectivity index (χ3v) is 2.79. The fourth-order valence-corrected chi connectivity index (χ4v) is 1.89. The minimum absolute atomic E-state index is 0.216. The van der Waals surface area contributed by atoms with Crippen molar-refractivity contribution in [3.05, 3.63) is 11.1 Å². The number of hydrogen-bond acceptors (Lipinski definition) is 5. The highest BCUT2D eigenvalue weighted by molar-refractivity contribution is 7.15. The van der Waals surface area contributed by atoms with E-state index in [0.29, 0.717) is 10.0 Å². The molecule has 1 atom stereocenters. The van der Waals surface area contributed by atoms with Gasteiger partial charge in [0.1, 0.15) is 11.7 Å². The Kier molecular flexibility index (Phi) is 4.70. The van der Waals surface area contributed by atoms with Gasteiger partial charge in [-0.1, -0.05) is 11.3 Å². The molecule has 5 nitrogen and oxygen atoms in total. The summed E-state index contributed by atoms with van der Waals surface area (Å²) < 4.78 is 5.08. The van der Waals surface area contributed by atoms with Gasteiger partial charge < -0.3 is 9.84 Å². The van der Waals surface area contributed by atoms with Crippen molar-refractivity contribution in [2.24, 2.45) is 0 Å². The molecule has 1 aromatic heterocycles. The molecule has 0 aliphatic rings. The Morgan fingerprint density at radius 2 is 2.39 bits per heavy atom. The minimum Gasteiger partial charge on any atom is -0.444 e. The first-order valence-corrected chi connectivity index (χ1v) is 6.20. The molecule has 98 valence electrons. The van der Waals surface area contributed by atoms with Gasteiger partial charge in [-0.2, -0.15) is 0 Å². The highest BCUT2D eigenvalue weighted by Crippen LogP contribution is 2.26. The summed E-state index contributed by atoms with van der Waals surface area (Å²) in [6, 6.07) is 0. The van der Waals surface area contributed by atoms with E-state index in [1.165, 1.54) is 17.5 Å². The first-order valence-electron chi connectivity index (χ1n) is 5.39. The normalized spacial score (nSPS) is 12.6. The molecule has 2 N–H and O–H groups in total. The molecule has 1 rings (SSSR count). The van der Waals surface area contributed by atoms with Gasteiger partial charge in [-0.15, -0.1) is 12.3 Å². The van der Waals surface area contributed by atoms with Crippen molar-refractivity contribution in [2.75, 3.05) is 5.32 Å². The number of carbonyl (C=O) groups excluding carboxylic acids is 1. The van der Waals surface area contributed by atoms with Crippen LogP contribution in [-0.4, -0.2) is 21.8 Å². The molecule has 1 unspecified atom stereocenters. The summed E-state index contributed by atoms with van der Waals surface area (Å²) in [5.74, 6) is 2.36. The monoisotopic (exact) mass is 268 g/mol. The maximum atomic E-state index is 11.5. The van der Waals surface area contributed by atoms with Crippen LogP contribution in [0.4, 0.5) is 9.93 Å². The van der Waals surface area contributed by atoms with E-state index in [9.17, 15) is 9.90 Å². The van der Waals surface area contributed by atoms with Crippen molar-refractivity contribution < 1.29 is 14.6 Å². The molecule has 0 bridgehead atoms. The number of nitrogens with zero attached hydrogens (tertiary/aromatic N) is 1. The Balaban J connectivity index is 2.59. The quantitative estimate of drug-likeness (QED) is 0.826. The number of aliphatic hydroxyl groups excluding tert-OH is 1. The Labute approximate surface area is 110 Å². The number of aliphatic hydroxyl groups is 1. The minimum atomic E-state index is -0.748. The van der Waals surface area contributed by atoms with E-state index in [1.54, 1.807) is 20.8 Å². The van der Waals surface area contributed by atoms with E-state index in [-0.39, 0.29) is 6.42 Å². The second kappa shape index (κ2) is 5.85. The first kappa shape index (κ1) is 14.5. The van der Waals surface area contributed by atoms with Crippen molar-refractivity contribution in [3.8, 4) is 12.3 Å². The molecule has 1 amide bonds. The Morgan fingerprint density at radius 3 is 2.94 bits per heavy atom. The number of terminal acetylenes is 1. The van der Waals surface area contributed by atoms with E-state index in [0.717, 1.165) is 0 Å². The number of anilines is 1. The van der Waals surface area contributed by atoms with Gasteiger partial charge in [0, 0.05) is 12.6 Å². The number of amides is 1. The summed E-state index contributed by atoms with van der Waals surface area (Å²) in [5, 5.41) is 12.5. The van der Waals surface area contributed by atoms with Gasteiger partial charge in [0.15, 0.2) is 5.13 Å². The van der Waals surface area contributed by atoms with Gasteiger partial charge in [-0.3, -0.25) is 5.32 Å². The van der Waals surface area contributed by atoms with Crippen LogP contribution in [0.25, 0.3) is 0 Å². The van der Waals surface area contributed by atoms with E-state index in [4.69, 9.17) is 11.2 Å². The Bertz CT molecular complexity index is 457. The Morgan fingerprint density at radius 1 is 1.72 bits per heavy atom. The molecule has 0 radical (unpaired) electrons. The molecule has 0 spiro atoms. The zero-order valence-electron chi connectivity index (χ0n) is 10.6. The number of carbonyl (C=O) groups is 1. The van der Waals surface area contributed by atoms with Gasteiger partial charge in [-0.05, 0) is 20.8 Å². The van der Waals surface area contributed by atoms with E-state index < -0.39 is 17.8 Å². The van der Waals surface area contributed by atoms with Crippen molar-refractivity contribution >= 4 is 22.6 Å². The zero-order chi connectivity index (χ0) is 13.8. The van der Waals surface area contributed by atoms with Crippen LogP contribution in [0.1, 0.15) is 38.2 Å². The molecular formula is C12H16N2O3S. The number of hydrogen-bond donors (Lipinski definition) is 2. The molecule has 1 aromatic rings. The summed E-state index contributed by atoms with van der Waals surface area (Å²) >= 11 is 1.17.